The molecule has 0 aliphatic heterocycles. The van der Waals surface area contributed by atoms with Gasteiger partial charge in [0.25, 0.3) is 5.69 Å². The van der Waals surface area contributed by atoms with E-state index in [0.29, 0.717) is 11.5 Å². The molecule has 0 unspecified atom stereocenters. The predicted octanol–water partition coefficient (Wildman–Crippen LogP) is 4.06. The monoisotopic (exact) mass is 292 g/mol. The Balaban J connectivity index is 2.19. The zero-order valence-corrected chi connectivity index (χ0v) is 11.5. The summed E-state index contributed by atoms with van der Waals surface area (Å²) in [6, 6.07) is 11.3. The standard InChI is InChI=1S/C14H13ClN2O3/c1-9(16)10-2-5-12(6-3-10)20-14-7-4-11(17(18)19)8-13(14)15/h2-9H,16H2,1H3/t9-/m0/s1. The van der Waals surface area contributed by atoms with Crippen LogP contribution >= 0.6 is 11.6 Å². The minimum atomic E-state index is -0.507. The molecule has 0 bridgehead atoms. The highest BCUT2D eigenvalue weighted by Gasteiger charge is 2.11. The van der Waals surface area contributed by atoms with E-state index in [4.69, 9.17) is 22.1 Å². The van der Waals surface area contributed by atoms with Crippen LogP contribution in [0.5, 0.6) is 11.5 Å². The lowest BCUT2D eigenvalue weighted by atomic mass is 10.1. The molecule has 2 rings (SSSR count). The molecule has 104 valence electrons. The Morgan fingerprint density at radius 2 is 1.90 bits per heavy atom. The second kappa shape index (κ2) is 5.90. The lowest BCUT2D eigenvalue weighted by Crippen LogP contribution is -2.04. The largest absolute Gasteiger partial charge is 0.456 e. The van der Waals surface area contributed by atoms with E-state index >= 15 is 0 Å². The molecule has 0 heterocycles. The molecule has 0 fully saturated rings. The van der Waals surface area contributed by atoms with Gasteiger partial charge in [-0.1, -0.05) is 23.7 Å². The molecule has 0 aromatic heterocycles. The summed E-state index contributed by atoms with van der Waals surface area (Å²) in [5, 5.41) is 10.8. The minimum Gasteiger partial charge on any atom is -0.456 e. The molecule has 2 aromatic rings. The minimum absolute atomic E-state index is 0.0491. The van der Waals surface area contributed by atoms with Gasteiger partial charge in [-0.2, -0.15) is 0 Å². The molecule has 1 atom stereocenters. The number of halogens is 1. The molecular weight excluding hydrogens is 280 g/mol. The van der Waals surface area contributed by atoms with Gasteiger partial charge in [0.2, 0.25) is 0 Å². The number of non-ortho nitro benzene ring substituents is 1. The summed E-state index contributed by atoms with van der Waals surface area (Å²) >= 11 is 5.96. The maximum absolute atomic E-state index is 10.6. The van der Waals surface area contributed by atoms with E-state index in [-0.39, 0.29) is 16.8 Å². The smallest absolute Gasteiger partial charge is 0.271 e. The van der Waals surface area contributed by atoms with Crippen LogP contribution in [0.3, 0.4) is 0 Å². The van der Waals surface area contributed by atoms with Crippen LogP contribution < -0.4 is 10.5 Å². The van der Waals surface area contributed by atoms with E-state index < -0.39 is 4.92 Å². The van der Waals surface area contributed by atoms with Crippen LogP contribution in [0.2, 0.25) is 5.02 Å². The average molecular weight is 293 g/mol. The van der Waals surface area contributed by atoms with Crippen molar-refractivity contribution >= 4 is 17.3 Å². The van der Waals surface area contributed by atoms with E-state index in [1.54, 1.807) is 12.1 Å². The Labute approximate surface area is 121 Å². The Kier molecular flexibility index (Phi) is 4.22. The van der Waals surface area contributed by atoms with E-state index in [1.807, 2.05) is 19.1 Å². The van der Waals surface area contributed by atoms with Crippen molar-refractivity contribution in [1.82, 2.24) is 0 Å². The molecule has 0 radical (unpaired) electrons. The van der Waals surface area contributed by atoms with Crippen LogP contribution in [0, 0.1) is 10.1 Å². The van der Waals surface area contributed by atoms with Gasteiger partial charge in [0, 0.05) is 18.2 Å². The summed E-state index contributed by atoms with van der Waals surface area (Å²) in [5.74, 6) is 0.955. The van der Waals surface area contributed by atoms with Crippen molar-refractivity contribution in [3.8, 4) is 11.5 Å². The predicted molar refractivity (Wildman–Crippen MR) is 77.2 cm³/mol. The molecule has 2 N–H and O–H groups in total. The molecule has 0 amide bonds. The highest BCUT2D eigenvalue weighted by Crippen LogP contribution is 2.32. The van der Waals surface area contributed by atoms with Gasteiger partial charge >= 0.3 is 0 Å². The molecular formula is C14H13ClN2O3. The maximum Gasteiger partial charge on any atom is 0.271 e. The van der Waals surface area contributed by atoms with E-state index in [2.05, 4.69) is 0 Å². The van der Waals surface area contributed by atoms with E-state index in [0.717, 1.165) is 5.56 Å². The highest BCUT2D eigenvalue weighted by molar-refractivity contribution is 6.32. The summed E-state index contributed by atoms with van der Waals surface area (Å²) in [5.41, 5.74) is 6.68. The first-order valence-corrected chi connectivity index (χ1v) is 6.32. The third-order valence-corrected chi connectivity index (χ3v) is 3.06. The molecule has 0 saturated carbocycles. The van der Waals surface area contributed by atoms with Crippen LogP contribution in [0.25, 0.3) is 0 Å². The number of hydrogen-bond acceptors (Lipinski definition) is 4. The van der Waals surface area contributed by atoms with Gasteiger partial charge in [-0.25, -0.2) is 0 Å². The van der Waals surface area contributed by atoms with Crippen molar-refractivity contribution in [1.29, 1.82) is 0 Å². The molecule has 0 spiro atoms. The van der Waals surface area contributed by atoms with Gasteiger partial charge < -0.3 is 10.5 Å². The number of ether oxygens (including phenoxy) is 1. The lowest BCUT2D eigenvalue weighted by Gasteiger charge is -2.09. The second-order valence-corrected chi connectivity index (χ2v) is 4.74. The maximum atomic E-state index is 10.6. The number of benzene rings is 2. The van der Waals surface area contributed by atoms with E-state index in [9.17, 15) is 10.1 Å². The first-order valence-electron chi connectivity index (χ1n) is 5.94. The number of hydrogen-bond donors (Lipinski definition) is 1. The normalized spacial score (nSPS) is 11.9. The van der Waals surface area contributed by atoms with Crippen LogP contribution in [0.1, 0.15) is 18.5 Å². The highest BCUT2D eigenvalue weighted by atomic mass is 35.5. The number of nitro groups is 1. The van der Waals surface area contributed by atoms with Crippen molar-refractivity contribution in [3.63, 3.8) is 0 Å². The number of nitrogens with two attached hydrogens (primary N) is 1. The average Bonchev–Trinajstić information content (AvgIpc) is 2.41. The summed E-state index contributed by atoms with van der Waals surface area (Å²) in [4.78, 5) is 10.1. The first-order chi connectivity index (χ1) is 9.47. The molecule has 0 aliphatic rings. The van der Waals surface area contributed by atoms with Crippen molar-refractivity contribution in [2.45, 2.75) is 13.0 Å². The van der Waals surface area contributed by atoms with Crippen LogP contribution in [-0.2, 0) is 0 Å². The molecule has 20 heavy (non-hydrogen) atoms. The third kappa shape index (κ3) is 3.26. The Morgan fingerprint density at radius 1 is 1.25 bits per heavy atom. The topological polar surface area (TPSA) is 78.4 Å². The van der Waals surface area contributed by atoms with Gasteiger partial charge in [0.05, 0.1) is 9.95 Å². The zero-order chi connectivity index (χ0) is 14.7. The summed E-state index contributed by atoms with van der Waals surface area (Å²) in [6.07, 6.45) is 0. The fourth-order valence-corrected chi connectivity index (χ4v) is 1.87. The molecule has 5 nitrogen and oxygen atoms in total. The van der Waals surface area contributed by atoms with Crippen LogP contribution in [0.4, 0.5) is 5.69 Å². The Bertz CT molecular complexity index is 627. The van der Waals surface area contributed by atoms with Gasteiger partial charge in [-0.15, -0.1) is 0 Å². The summed E-state index contributed by atoms with van der Waals surface area (Å²) in [6.45, 7) is 1.89. The fraction of sp³-hybridized carbons (Fsp3) is 0.143. The van der Waals surface area contributed by atoms with Crippen LogP contribution in [0.15, 0.2) is 42.5 Å². The van der Waals surface area contributed by atoms with Crippen molar-refractivity contribution in [2.24, 2.45) is 5.73 Å². The third-order valence-electron chi connectivity index (χ3n) is 2.76. The molecule has 2 aromatic carbocycles. The van der Waals surface area contributed by atoms with Gasteiger partial charge in [-0.05, 0) is 30.7 Å². The second-order valence-electron chi connectivity index (χ2n) is 4.33. The summed E-state index contributed by atoms with van der Waals surface area (Å²) in [7, 11) is 0. The van der Waals surface area contributed by atoms with Crippen LogP contribution in [-0.4, -0.2) is 4.92 Å². The van der Waals surface area contributed by atoms with Gasteiger partial charge in [-0.3, -0.25) is 10.1 Å². The van der Waals surface area contributed by atoms with Crippen molar-refractivity contribution < 1.29 is 9.66 Å². The quantitative estimate of drug-likeness (QED) is 0.681. The SMILES string of the molecule is C[C@H](N)c1ccc(Oc2ccc([N+](=O)[O-])cc2Cl)cc1. The summed E-state index contributed by atoms with van der Waals surface area (Å²) < 4.78 is 5.58. The van der Waals surface area contributed by atoms with Gasteiger partial charge in [0.15, 0.2) is 0 Å². The number of rotatable bonds is 4. The Hall–Kier alpha value is -2.11. The zero-order valence-electron chi connectivity index (χ0n) is 10.7. The molecule has 0 saturated heterocycles. The number of nitrogens with zero attached hydrogens (tertiary/aromatic N) is 1. The number of nitro benzene ring substituents is 1. The lowest BCUT2D eigenvalue weighted by molar-refractivity contribution is -0.384. The van der Waals surface area contributed by atoms with Crippen molar-refractivity contribution in [3.05, 3.63) is 63.2 Å². The molecule has 0 aliphatic carbocycles. The Morgan fingerprint density at radius 3 is 2.40 bits per heavy atom. The first kappa shape index (κ1) is 14.3. The fourth-order valence-electron chi connectivity index (χ4n) is 1.65. The van der Waals surface area contributed by atoms with Gasteiger partial charge in [0.1, 0.15) is 11.5 Å². The van der Waals surface area contributed by atoms with E-state index in [1.165, 1.54) is 18.2 Å². The van der Waals surface area contributed by atoms with Crippen molar-refractivity contribution in [2.75, 3.05) is 0 Å². The molecule has 6 heteroatoms.